The fraction of sp³-hybridized carbons (Fsp3) is 0.231. The number of amides is 1. The molecular formula is C26H25NO5. The maximum absolute atomic E-state index is 12.9. The summed E-state index contributed by atoms with van der Waals surface area (Å²) in [5.41, 5.74) is 3.74. The number of ether oxygens (including phenoxy) is 3. The molecule has 32 heavy (non-hydrogen) atoms. The monoisotopic (exact) mass is 431 g/mol. The fourth-order valence-electron chi connectivity index (χ4n) is 3.73. The van der Waals surface area contributed by atoms with Crippen molar-refractivity contribution in [1.82, 2.24) is 0 Å². The van der Waals surface area contributed by atoms with Crippen LogP contribution in [-0.2, 0) is 27.2 Å². The minimum atomic E-state index is -1.10. The first-order valence-corrected chi connectivity index (χ1v) is 10.6. The van der Waals surface area contributed by atoms with Crippen LogP contribution < -0.4 is 14.8 Å². The van der Waals surface area contributed by atoms with Crippen molar-refractivity contribution in [3.8, 4) is 11.5 Å². The van der Waals surface area contributed by atoms with Gasteiger partial charge in [0.2, 0.25) is 6.10 Å². The average molecular weight is 431 g/mol. The smallest absolute Gasteiger partial charge is 0.345 e. The van der Waals surface area contributed by atoms with Crippen LogP contribution in [0.3, 0.4) is 0 Å². The number of carbonyl (C=O) groups excluding carboxylic acids is 2. The maximum Gasteiger partial charge on any atom is 0.345 e. The number of methoxy groups -OCH3 is 1. The molecule has 0 bridgehead atoms. The van der Waals surface area contributed by atoms with Gasteiger partial charge in [-0.2, -0.15) is 0 Å². The number of hydrogen-bond acceptors (Lipinski definition) is 5. The van der Waals surface area contributed by atoms with Crippen LogP contribution in [0.1, 0.15) is 29.2 Å². The Morgan fingerprint density at radius 1 is 0.906 bits per heavy atom. The second kappa shape index (κ2) is 10.0. The summed E-state index contributed by atoms with van der Waals surface area (Å²) in [6, 6.07) is 21.7. The summed E-state index contributed by atoms with van der Waals surface area (Å²) in [7, 11) is 1.57. The molecule has 1 amide bonds. The molecule has 0 spiro atoms. The number of fused-ring (bicyclic) bond motifs is 1. The molecule has 0 heterocycles. The molecule has 3 aromatic rings. The number of hydrogen-bond donors (Lipinski definition) is 1. The third kappa shape index (κ3) is 5.27. The number of benzene rings is 3. The minimum Gasteiger partial charge on any atom is -0.497 e. The fourth-order valence-corrected chi connectivity index (χ4v) is 3.73. The van der Waals surface area contributed by atoms with Gasteiger partial charge in [0.25, 0.3) is 5.91 Å². The van der Waals surface area contributed by atoms with Crippen molar-refractivity contribution in [2.45, 2.75) is 25.4 Å². The van der Waals surface area contributed by atoms with E-state index in [1.807, 2.05) is 24.3 Å². The summed E-state index contributed by atoms with van der Waals surface area (Å²) >= 11 is 0. The van der Waals surface area contributed by atoms with E-state index in [0.29, 0.717) is 22.7 Å². The maximum atomic E-state index is 12.9. The van der Waals surface area contributed by atoms with Crippen LogP contribution in [0.25, 0.3) is 0 Å². The highest BCUT2D eigenvalue weighted by atomic mass is 16.6. The average Bonchev–Trinajstić information content (AvgIpc) is 3.30. The van der Waals surface area contributed by atoms with Gasteiger partial charge in [0.1, 0.15) is 11.5 Å². The second-order valence-corrected chi connectivity index (χ2v) is 7.57. The number of esters is 1. The SMILES string of the molecule is COc1ccc(NC(=O)[C@H](OC(=O)COc2ccc3c(c2)CCC3)c2ccccc2)cc1. The molecule has 164 valence electrons. The molecule has 4 rings (SSSR count). The van der Waals surface area contributed by atoms with Crippen LogP contribution in [0.5, 0.6) is 11.5 Å². The number of nitrogens with one attached hydrogen (secondary N) is 1. The number of aryl methyl sites for hydroxylation is 2. The van der Waals surface area contributed by atoms with Gasteiger partial charge in [-0.15, -0.1) is 0 Å². The Kier molecular flexibility index (Phi) is 6.70. The number of rotatable bonds is 8. The van der Waals surface area contributed by atoms with E-state index >= 15 is 0 Å². The normalized spacial score (nSPS) is 13.0. The predicted octanol–water partition coefficient (Wildman–Crippen LogP) is 4.49. The third-order valence-electron chi connectivity index (χ3n) is 5.37. The molecule has 0 saturated carbocycles. The highest BCUT2D eigenvalue weighted by Crippen LogP contribution is 2.26. The van der Waals surface area contributed by atoms with Crippen LogP contribution in [0.4, 0.5) is 5.69 Å². The predicted molar refractivity (Wildman–Crippen MR) is 121 cm³/mol. The van der Waals surface area contributed by atoms with Gasteiger partial charge in [0.15, 0.2) is 6.61 Å². The zero-order valence-electron chi connectivity index (χ0n) is 17.9. The molecule has 0 aromatic heterocycles. The number of carbonyl (C=O) groups is 2. The van der Waals surface area contributed by atoms with E-state index in [2.05, 4.69) is 5.32 Å². The van der Waals surface area contributed by atoms with Crippen molar-refractivity contribution in [3.63, 3.8) is 0 Å². The van der Waals surface area contributed by atoms with Gasteiger partial charge >= 0.3 is 5.97 Å². The Morgan fingerprint density at radius 3 is 2.38 bits per heavy atom. The van der Waals surface area contributed by atoms with E-state index in [1.54, 1.807) is 55.6 Å². The Bertz CT molecular complexity index is 1080. The van der Waals surface area contributed by atoms with Crippen molar-refractivity contribution < 1.29 is 23.8 Å². The minimum absolute atomic E-state index is 0.280. The second-order valence-electron chi connectivity index (χ2n) is 7.57. The highest BCUT2D eigenvalue weighted by molar-refractivity contribution is 5.96. The Morgan fingerprint density at radius 2 is 1.62 bits per heavy atom. The van der Waals surface area contributed by atoms with Crippen molar-refractivity contribution in [3.05, 3.63) is 89.5 Å². The Hall–Kier alpha value is -3.80. The van der Waals surface area contributed by atoms with Crippen LogP contribution in [0.2, 0.25) is 0 Å². The molecule has 1 atom stereocenters. The highest BCUT2D eigenvalue weighted by Gasteiger charge is 2.25. The van der Waals surface area contributed by atoms with Gasteiger partial charge in [0.05, 0.1) is 7.11 Å². The summed E-state index contributed by atoms with van der Waals surface area (Å²) in [6.45, 7) is -0.280. The van der Waals surface area contributed by atoms with Gasteiger partial charge in [0, 0.05) is 11.3 Å². The molecule has 0 aliphatic heterocycles. The van der Waals surface area contributed by atoms with Gasteiger partial charge in [-0.05, 0) is 66.8 Å². The van der Waals surface area contributed by atoms with Crippen LogP contribution in [0, 0.1) is 0 Å². The lowest BCUT2D eigenvalue weighted by Gasteiger charge is -2.18. The van der Waals surface area contributed by atoms with Crippen molar-refractivity contribution in [2.24, 2.45) is 0 Å². The lowest BCUT2D eigenvalue weighted by molar-refractivity contribution is -0.156. The van der Waals surface area contributed by atoms with E-state index < -0.39 is 18.0 Å². The molecule has 0 fully saturated rings. The molecule has 6 nitrogen and oxygen atoms in total. The quantitative estimate of drug-likeness (QED) is 0.532. The first kappa shape index (κ1) is 21.4. The van der Waals surface area contributed by atoms with Crippen LogP contribution in [-0.4, -0.2) is 25.6 Å². The lowest BCUT2D eigenvalue weighted by Crippen LogP contribution is -2.28. The summed E-state index contributed by atoms with van der Waals surface area (Å²) in [6.07, 6.45) is 2.15. The largest absolute Gasteiger partial charge is 0.497 e. The van der Waals surface area contributed by atoms with Gasteiger partial charge in [-0.3, -0.25) is 4.79 Å². The van der Waals surface area contributed by atoms with E-state index in [1.165, 1.54) is 11.1 Å². The number of anilines is 1. The van der Waals surface area contributed by atoms with E-state index in [9.17, 15) is 9.59 Å². The molecule has 0 radical (unpaired) electrons. The van der Waals surface area contributed by atoms with E-state index in [4.69, 9.17) is 14.2 Å². The van der Waals surface area contributed by atoms with Gasteiger partial charge in [-0.1, -0.05) is 36.4 Å². The molecule has 1 N–H and O–H groups in total. The Labute approximate surface area is 187 Å². The summed E-state index contributed by atoms with van der Waals surface area (Å²) in [4.78, 5) is 25.5. The lowest BCUT2D eigenvalue weighted by atomic mass is 10.1. The van der Waals surface area contributed by atoms with E-state index in [-0.39, 0.29) is 6.61 Å². The van der Waals surface area contributed by atoms with Crippen LogP contribution in [0.15, 0.2) is 72.8 Å². The standard InChI is InChI=1S/C26H25NO5/c1-30-22-14-11-21(12-15-22)27-26(29)25(19-6-3-2-4-7-19)32-24(28)17-31-23-13-10-18-8-5-9-20(18)16-23/h2-4,6-7,10-16,25H,5,8-9,17H2,1H3,(H,27,29)/t25-/m1/s1. The zero-order valence-corrected chi connectivity index (χ0v) is 17.9. The first-order valence-electron chi connectivity index (χ1n) is 10.6. The zero-order chi connectivity index (χ0) is 22.3. The Balaban J connectivity index is 1.41. The van der Waals surface area contributed by atoms with Gasteiger partial charge < -0.3 is 19.5 Å². The first-order chi connectivity index (χ1) is 15.6. The summed E-state index contributed by atoms with van der Waals surface area (Å²) in [5.74, 6) is 0.232. The van der Waals surface area contributed by atoms with Gasteiger partial charge in [-0.25, -0.2) is 4.79 Å². The molecular weight excluding hydrogens is 406 g/mol. The van der Waals surface area contributed by atoms with E-state index in [0.717, 1.165) is 19.3 Å². The summed E-state index contributed by atoms with van der Waals surface area (Å²) < 4.78 is 16.3. The molecule has 0 saturated heterocycles. The molecule has 0 unspecified atom stereocenters. The van der Waals surface area contributed by atoms with Crippen molar-refractivity contribution >= 4 is 17.6 Å². The molecule has 1 aliphatic carbocycles. The van der Waals surface area contributed by atoms with Crippen molar-refractivity contribution in [1.29, 1.82) is 0 Å². The molecule has 3 aromatic carbocycles. The van der Waals surface area contributed by atoms with Crippen molar-refractivity contribution in [2.75, 3.05) is 19.0 Å². The molecule has 6 heteroatoms. The molecule has 1 aliphatic rings. The van der Waals surface area contributed by atoms with Crippen LogP contribution >= 0.6 is 0 Å². The third-order valence-corrected chi connectivity index (χ3v) is 5.37. The summed E-state index contributed by atoms with van der Waals surface area (Å²) in [5, 5.41) is 2.79. The topological polar surface area (TPSA) is 73.9 Å².